The number of carboxylic acids is 1. The van der Waals surface area contributed by atoms with Gasteiger partial charge in [0.2, 0.25) is 10.0 Å². The van der Waals surface area contributed by atoms with Crippen LogP contribution in [0.4, 0.5) is 0 Å². The molecule has 124 valence electrons. The van der Waals surface area contributed by atoms with Crippen molar-refractivity contribution in [3.05, 3.63) is 30.3 Å². The first-order valence-electron chi connectivity index (χ1n) is 6.99. The largest absolute Gasteiger partial charge is 0.481 e. The van der Waals surface area contributed by atoms with Crippen LogP contribution in [-0.4, -0.2) is 50.6 Å². The lowest BCUT2D eigenvalue weighted by atomic mass is 9.98. The van der Waals surface area contributed by atoms with Gasteiger partial charge in [-0.2, -0.15) is 0 Å². The lowest BCUT2D eigenvalue weighted by Crippen LogP contribution is -2.42. The van der Waals surface area contributed by atoms with Gasteiger partial charge in [-0.05, 0) is 31.5 Å². The van der Waals surface area contributed by atoms with Crippen LogP contribution < -0.4 is 4.72 Å². The van der Waals surface area contributed by atoms with Crippen LogP contribution >= 0.6 is 12.4 Å². The van der Waals surface area contributed by atoms with E-state index in [2.05, 4.69) is 4.72 Å². The van der Waals surface area contributed by atoms with Gasteiger partial charge in [-0.3, -0.25) is 4.79 Å². The number of piperidine rings is 1. The lowest BCUT2D eigenvalue weighted by Gasteiger charge is -2.30. The van der Waals surface area contributed by atoms with E-state index in [1.807, 2.05) is 4.90 Å². The zero-order chi connectivity index (χ0) is 15.3. The number of likely N-dealkylation sites (tertiary alicyclic amines) is 1. The molecule has 1 fully saturated rings. The van der Waals surface area contributed by atoms with Crippen molar-refractivity contribution in [3.8, 4) is 0 Å². The summed E-state index contributed by atoms with van der Waals surface area (Å²) in [6.07, 6.45) is 1.53. The van der Waals surface area contributed by atoms with Gasteiger partial charge >= 0.3 is 5.97 Å². The van der Waals surface area contributed by atoms with Crippen LogP contribution in [0.3, 0.4) is 0 Å². The van der Waals surface area contributed by atoms with Crippen LogP contribution in [0.2, 0.25) is 0 Å². The Bertz CT molecular complexity index is 580. The van der Waals surface area contributed by atoms with E-state index in [0.29, 0.717) is 19.5 Å². The van der Waals surface area contributed by atoms with Gasteiger partial charge in [0, 0.05) is 19.6 Å². The molecule has 1 saturated heterocycles. The van der Waals surface area contributed by atoms with Crippen LogP contribution in [0.5, 0.6) is 0 Å². The van der Waals surface area contributed by atoms with Crippen molar-refractivity contribution in [1.82, 2.24) is 9.62 Å². The standard InChI is InChI=1S/C14H20N2O4S.ClH/c17-14(18)12-5-4-9-16(11-12)10-8-15-21(19,20)13-6-2-1-3-7-13;/h1-3,6-7,12,15H,4-5,8-11H2,(H,17,18);1H. The highest BCUT2D eigenvalue weighted by molar-refractivity contribution is 7.89. The Balaban J connectivity index is 0.00000242. The monoisotopic (exact) mass is 348 g/mol. The minimum atomic E-state index is -3.48. The summed E-state index contributed by atoms with van der Waals surface area (Å²) >= 11 is 0. The molecule has 0 amide bonds. The summed E-state index contributed by atoms with van der Waals surface area (Å²) in [6, 6.07) is 8.21. The molecule has 1 aliphatic rings. The van der Waals surface area contributed by atoms with Crippen molar-refractivity contribution in [3.63, 3.8) is 0 Å². The first kappa shape index (κ1) is 18.9. The van der Waals surface area contributed by atoms with Crippen molar-refractivity contribution in [2.75, 3.05) is 26.2 Å². The van der Waals surface area contributed by atoms with Crippen LogP contribution in [0, 0.1) is 5.92 Å². The number of hydrogen-bond donors (Lipinski definition) is 2. The third kappa shape index (κ3) is 5.24. The summed E-state index contributed by atoms with van der Waals surface area (Å²) in [5, 5.41) is 9.02. The predicted molar refractivity (Wildman–Crippen MR) is 85.7 cm³/mol. The summed E-state index contributed by atoms with van der Waals surface area (Å²) in [6.45, 7) is 2.11. The maximum absolute atomic E-state index is 12.0. The highest BCUT2D eigenvalue weighted by Crippen LogP contribution is 2.16. The molecular formula is C14H21ClN2O4S. The molecular weight excluding hydrogens is 328 g/mol. The van der Waals surface area contributed by atoms with Crippen LogP contribution in [0.25, 0.3) is 0 Å². The molecule has 1 heterocycles. The number of aliphatic carboxylic acids is 1. The van der Waals surface area contributed by atoms with Gasteiger partial charge in [-0.25, -0.2) is 13.1 Å². The molecule has 1 atom stereocenters. The van der Waals surface area contributed by atoms with Gasteiger partial charge in [0.1, 0.15) is 0 Å². The maximum Gasteiger partial charge on any atom is 0.307 e. The molecule has 0 spiro atoms. The quantitative estimate of drug-likeness (QED) is 0.806. The van der Waals surface area contributed by atoms with E-state index in [-0.39, 0.29) is 29.8 Å². The second kappa shape index (κ2) is 8.47. The fourth-order valence-electron chi connectivity index (χ4n) is 2.48. The van der Waals surface area contributed by atoms with E-state index in [0.717, 1.165) is 13.0 Å². The molecule has 22 heavy (non-hydrogen) atoms. The molecule has 0 bridgehead atoms. The SMILES string of the molecule is Cl.O=C(O)C1CCCN(CCNS(=O)(=O)c2ccccc2)C1. The molecule has 0 radical (unpaired) electrons. The van der Waals surface area contributed by atoms with E-state index >= 15 is 0 Å². The van der Waals surface area contributed by atoms with E-state index in [1.54, 1.807) is 30.3 Å². The van der Waals surface area contributed by atoms with Gasteiger partial charge in [0.05, 0.1) is 10.8 Å². The third-order valence-corrected chi connectivity index (χ3v) is 5.11. The van der Waals surface area contributed by atoms with E-state index in [9.17, 15) is 13.2 Å². The molecule has 1 unspecified atom stereocenters. The summed E-state index contributed by atoms with van der Waals surface area (Å²) in [4.78, 5) is 13.2. The summed E-state index contributed by atoms with van der Waals surface area (Å²) in [5.41, 5.74) is 0. The Morgan fingerprint density at radius 2 is 2.00 bits per heavy atom. The Kier molecular flexibility index (Phi) is 7.28. The molecule has 1 aromatic rings. The van der Waals surface area contributed by atoms with Crippen molar-refractivity contribution < 1.29 is 18.3 Å². The average Bonchev–Trinajstić information content (AvgIpc) is 2.48. The van der Waals surface area contributed by atoms with Crippen molar-refractivity contribution in [2.45, 2.75) is 17.7 Å². The summed E-state index contributed by atoms with van der Waals surface area (Å²) in [5.74, 6) is -1.12. The van der Waals surface area contributed by atoms with Gasteiger partial charge in [0.15, 0.2) is 0 Å². The first-order valence-corrected chi connectivity index (χ1v) is 8.47. The Morgan fingerprint density at radius 3 is 2.64 bits per heavy atom. The second-order valence-electron chi connectivity index (χ2n) is 5.19. The van der Waals surface area contributed by atoms with Crippen LogP contribution in [-0.2, 0) is 14.8 Å². The topological polar surface area (TPSA) is 86.7 Å². The number of hydrogen-bond acceptors (Lipinski definition) is 4. The van der Waals surface area contributed by atoms with E-state index in [1.165, 1.54) is 0 Å². The lowest BCUT2D eigenvalue weighted by molar-refractivity contribution is -0.143. The molecule has 1 aliphatic heterocycles. The smallest absolute Gasteiger partial charge is 0.307 e. The Morgan fingerprint density at radius 1 is 1.32 bits per heavy atom. The predicted octanol–water partition coefficient (Wildman–Crippen LogP) is 1.18. The molecule has 0 aliphatic carbocycles. The number of carboxylic acid groups (broad SMARTS) is 1. The number of sulfonamides is 1. The minimum absolute atomic E-state index is 0. The fraction of sp³-hybridized carbons (Fsp3) is 0.500. The van der Waals surface area contributed by atoms with Gasteiger partial charge in [0.25, 0.3) is 0 Å². The van der Waals surface area contributed by atoms with Crippen molar-refractivity contribution in [1.29, 1.82) is 0 Å². The number of carbonyl (C=O) groups is 1. The Hall–Kier alpha value is -1.15. The summed E-state index contributed by atoms with van der Waals surface area (Å²) in [7, 11) is -3.48. The molecule has 2 rings (SSSR count). The van der Waals surface area contributed by atoms with E-state index < -0.39 is 16.0 Å². The molecule has 1 aromatic carbocycles. The molecule has 8 heteroatoms. The number of benzene rings is 1. The first-order chi connectivity index (χ1) is 9.99. The molecule has 0 saturated carbocycles. The van der Waals surface area contributed by atoms with Gasteiger partial charge < -0.3 is 10.0 Å². The number of halogens is 1. The zero-order valence-corrected chi connectivity index (χ0v) is 13.8. The van der Waals surface area contributed by atoms with E-state index in [4.69, 9.17) is 5.11 Å². The minimum Gasteiger partial charge on any atom is -0.481 e. The number of nitrogens with zero attached hydrogens (tertiary/aromatic N) is 1. The van der Waals surface area contributed by atoms with Crippen molar-refractivity contribution >= 4 is 28.4 Å². The average molecular weight is 349 g/mol. The normalized spacial score (nSPS) is 19.4. The van der Waals surface area contributed by atoms with Gasteiger partial charge in [-0.1, -0.05) is 18.2 Å². The Labute approximate surface area is 137 Å². The molecule has 6 nitrogen and oxygen atoms in total. The number of nitrogens with one attached hydrogen (secondary N) is 1. The van der Waals surface area contributed by atoms with Crippen LogP contribution in [0.1, 0.15) is 12.8 Å². The highest BCUT2D eigenvalue weighted by atomic mass is 35.5. The van der Waals surface area contributed by atoms with Gasteiger partial charge in [-0.15, -0.1) is 12.4 Å². The van der Waals surface area contributed by atoms with Crippen LogP contribution in [0.15, 0.2) is 35.2 Å². The zero-order valence-electron chi connectivity index (χ0n) is 12.1. The third-order valence-electron chi connectivity index (χ3n) is 3.63. The highest BCUT2D eigenvalue weighted by Gasteiger charge is 2.25. The molecule has 0 aromatic heterocycles. The maximum atomic E-state index is 12.0. The number of rotatable bonds is 6. The van der Waals surface area contributed by atoms with Crippen molar-refractivity contribution in [2.24, 2.45) is 5.92 Å². The molecule has 2 N–H and O–H groups in total. The second-order valence-corrected chi connectivity index (χ2v) is 6.96. The summed E-state index contributed by atoms with van der Waals surface area (Å²) < 4.78 is 26.6. The fourth-order valence-corrected chi connectivity index (χ4v) is 3.52.